The summed E-state index contributed by atoms with van der Waals surface area (Å²) in [6.45, 7) is 0. The molecule has 0 saturated heterocycles. The van der Waals surface area contributed by atoms with Crippen LogP contribution in [0.5, 0.6) is 0 Å². The molecule has 0 fully saturated rings. The van der Waals surface area contributed by atoms with Gasteiger partial charge in [-0.15, -0.1) is 11.3 Å². The first-order chi connectivity index (χ1) is 8.06. The summed E-state index contributed by atoms with van der Waals surface area (Å²) >= 11 is 7.04. The number of rotatable bonds is 2. The molecular weight excluding hydrogens is 415 g/mol. The maximum Gasteiger partial charge on any atom is 0.256 e. The normalized spacial score (nSPS) is 10.2. The Kier molecular flexibility index (Phi) is 4.05. The zero-order chi connectivity index (χ0) is 12.4. The summed E-state index contributed by atoms with van der Waals surface area (Å²) in [5, 5.41) is 4.61. The van der Waals surface area contributed by atoms with Crippen molar-refractivity contribution in [2.75, 3.05) is 11.1 Å². The predicted octanol–water partition coefficient (Wildman–Crippen LogP) is 3.95. The zero-order valence-electron chi connectivity index (χ0n) is 8.54. The van der Waals surface area contributed by atoms with Gasteiger partial charge in [-0.25, -0.2) is 0 Å². The van der Waals surface area contributed by atoms with Crippen LogP contribution >= 0.6 is 49.9 Å². The number of amides is 1. The molecule has 0 spiro atoms. The van der Waals surface area contributed by atoms with E-state index in [1.165, 1.54) is 11.3 Å². The minimum Gasteiger partial charge on any atom is -0.397 e. The van der Waals surface area contributed by atoms with Gasteiger partial charge in [0, 0.05) is 9.85 Å². The maximum absolute atomic E-state index is 11.9. The highest BCUT2D eigenvalue weighted by Crippen LogP contribution is 2.24. The molecule has 0 bridgehead atoms. The second kappa shape index (κ2) is 5.36. The van der Waals surface area contributed by atoms with E-state index in [1.54, 1.807) is 12.1 Å². The molecule has 2 aromatic rings. The van der Waals surface area contributed by atoms with Crippen molar-refractivity contribution in [2.45, 2.75) is 0 Å². The molecule has 6 heteroatoms. The lowest BCUT2D eigenvalue weighted by Crippen LogP contribution is -2.12. The van der Waals surface area contributed by atoms with Crippen LogP contribution in [-0.2, 0) is 0 Å². The number of benzene rings is 1. The first-order valence-corrected chi connectivity index (χ1v) is 7.42. The molecule has 0 aliphatic rings. The average Bonchev–Trinajstić information content (AvgIpc) is 2.69. The number of hydrogen-bond acceptors (Lipinski definition) is 3. The van der Waals surface area contributed by atoms with Gasteiger partial charge in [0.1, 0.15) is 0 Å². The Morgan fingerprint density at radius 2 is 2.18 bits per heavy atom. The van der Waals surface area contributed by atoms with Crippen molar-refractivity contribution in [1.82, 2.24) is 0 Å². The van der Waals surface area contributed by atoms with Crippen molar-refractivity contribution in [2.24, 2.45) is 0 Å². The Morgan fingerprint density at radius 3 is 2.76 bits per heavy atom. The summed E-state index contributed by atoms with van der Waals surface area (Å²) in [5.74, 6) is -0.141. The lowest BCUT2D eigenvalue weighted by molar-refractivity contribution is 0.102. The molecule has 88 valence electrons. The highest BCUT2D eigenvalue weighted by atomic mass is 127. The highest BCUT2D eigenvalue weighted by molar-refractivity contribution is 14.1. The van der Waals surface area contributed by atoms with E-state index < -0.39 is 0 Å². The monoisotopic (exact) mass is 422 g/mol. The van der Waals surface area contributed by atoms with Gasteiger partial charge in [-0.3, -0.25) is 4.79 Å². The van der Waals surface area contributed by atoms with Crippen molar-refractivity contribution in [3.63, 3.8) is 0 Å². The lowest BCUT2D eigenvalue weighted by Gasteiger charge is -2.07. The molecule has 1 amide bonds. The largest absolute Gasteiger partial charge is 0.397 e. The zero-order valence-corrected chi connectivity index (χ0v) is 13.1. The van der Waals surface area contributed by atoms with Crippen molar-refractivity contribution in [1.29, 1.82) is 0 Å². The quantitative estimate of drug-likeness (QED) is 0.568. The molecule has 2 rings (SSSR count). The third kappa shape index (κ3) is 3.20. The highest BCUT2D eigenvalue weighted by Gasteiger charge is 2.09. The van der Waals surface area contributed by atoms with Gasteiger partial charge in [0.25, 0.3) is 5.91 Å². The molecule has 1 aromatic carbocycles. The molecule has 0 saturated carbocycles. The standard InChI is InChI=1S/C11H8BrIN2OS/c12-7-1-2-9(8(14)4-7)15-11(16)6-3-10(13)17-5-6/h1-5H,14H2,(H,15,16). The van der Waals surface area contributed by atoms with Crippen LogP contribution in [-0.4, -0.2) is 5.91 Å². The van der Waals surface area contributed by atoms with E-state index >= 15 is 0 Å². The van der Waals surface area contributed by atoms with Crippen LogP contribution in [0.25, 0.3) is 0 Å². The molecule has 1 heterocycles. The third-order valence-electron chi connectivity index (χ3n) is 2.09. The topological polar surface area (TPSA) is 55.1 Å². The van der Waals surface area contributed by atoms with Crippen molar-refractivity contribution in [3.8, 4) is 0 Å². The van der Waals surface area contributed by atoms with Gasteiger partial charge in [-0.1, -0.05) is 15.9 Å². The van der Waals surface area contributed by atoms with E-state index in [-0.39, 0.29) is 5.91 Å². The summed E-state index contributed by atoms with van der Waals surface area (Å²) in [6, 6.07) is 7.21. The second-order valence-corrected chi connectivity index (χ2v) is 7.05. The van der Waals surface area contributed by atoms with Crippen LogP contribution in [0.2, 0.25) is 0 Å². The number of hydrogen-bond donors (Lipinski definition) is 2. The smallest absolute Gasteiger partial charge is 0.256 e. The molecular formula is C11H8BrIN2OS. The van der Waals surface area contributed by atoms with Crippen LogP contribution in [0.15, 0.2) is 34.1 Å². The second-order valence-electron chi connectivity index (χ2n) is 3.33. The Balaban J connectivity index is 2.18. The molecule has 0 atom stereocenters. The van der Waals surface area contributed by atoms with Gasteiger partial charge in [0.2, 0.25) is 0 Å². The van der Waals surface area contributed by atoms with Crippen molar-refractivity contribution >= 4 is 67.1 Å². The Labute approximate surface area is 125 Å². The number of carbonyl (C=O) groups is 1. The molecule has 0 aliphatic carbocycles. The van der Waals surface area contributed by atoms with Crippen LogP contribution < -0.4 is 11.1 Å². The van der Waals surface area contributed by atoms with E-state index in [0.717, 1.165) is 7.36 Å². The van der Waals surface area contributed by atoms with E-state index in [9.17, 15) is 4.79 Å². The molecule has 3 nitrogen and oxygen atoms in total. The number of carbonyl (C=O) groups excluding carboxylic acids is 1. The molecule has 17 heavy (non-hydrogen) atoms. The Morgan fingerprint density at radius 1 is 1.41 bits per heavy atom. The van der Waals surface area contributed by atoms with E-state index in [2.05, 4.69) is 43.8 Å². The predicted molar refractivity (Wildman–Crippen MR) is 83.5 cm³/mol. The van der Waals surface area contributed by atoms with Gasteiger partial charge >= 0.3 is 0 Å². The van der Waals surface area contributed by atoms with Gasteiger partial charge in [-0.2, -0.15) is 0 Å². The van der Waals surface area contributed by atoms with Gasteiger partial charge in [0.15, 0.2) is 0 Å². The summed E-state index contributed by atoms with van der Waals surface area (Å²) in [5.41, 5.74) is 7.63. The summed E-state index contributed by atoms with van der Waals surface area (Å²) in [4.78, 5) is 11.9. The van der Waals surface area contributed by atoms with Gasteiger partial charge in [-0.05, 0) is 46.9 Å². The minimum absolute atomic E-state index is 0.141. The van der Waals surface area contributed by atoms with Gasteiger partial charge in [0.05, 0.1) is 19.8 Å². The summed E-state index contributed by atoms with van der Waals surface area (Å²) < 4.78 is 1.97. The van der Waals surface area contributed by atoms with Crippen LogP contribution in [0.3, 0.4) is 0 Å². The van der Waals surface area contributed by atoms with E-state index in [0.29, 0.717) is 16.9 Å². The molecule has 3 N–H and O–H groups in total. The summed E-state index contributed by atoms with van der Waals surface area (Å²) in [7, 11) is 0. The number of anilines is 2. The number of halogens is 2. The molecule has 1 aromatic heterocycles. The SMILES string of the molecule is Nc1cc(Br)ccc1NC(=O)c1csc(I)c1. The maximum atomic E-state index is 11.9. The fourth-order valence-corrected chi connectivity index (χ4v) is 2.98. The molecule has 0 radical (unpaired) electrons. The van der Waals surface area contributed by atoms with Crippen LogP contribution in [0.4, 0.5) is 11.4 Å². The Bertz CT molecular complexity index is 570. The first kappa shape index (κ1) is 12.8. The van der Waals surface area contributed by atoms with Crippen molar-refractivity contribution < 1.29 is 4.79 Å². The van der Waals surface area contributed by atoms with Gasteiger partial charge < -0.3 is 11.1 Å². The minimum atomic E-state index is -0.141. The van der Waals surface area contributed by atoms with E-state index in [4.69, 9.17) is 5.73 Å². The Hall–Kier alpha value is -0.600. The number of thiophene rings is 1. The lowest BCUT2D eigenvalue weighted by atomic mass is 10.2. The molecule has 0 aliphatic heterocycles. The first-order valence-electron chi connectivity index (χ1n) is 4.66. The van der Waals surface area contributed by atoms with Crippen LogP contribution in [0, 0.1) is 2.88 Å². The van der Waals surface area contributed by atoms with E-state index in [1.807, 2.05) is 17.5 Å². The number of nitrogens with one attached hydrogen (secondary N) is 1. The average molecular weight is 423 g/mol. The summed E-state index contributed by atoms with van der Waals surface area (Å²) in [6.07, 6.45) is 0. The molecule has 0 unspecified atom stereocenters. The fraction of sp³-hybridized carbons (Fsp3) is 0. The fourth-order valence-electron chi connectivity index (χ4n) is 1.27. The van der Waals surface area contributed by atoms with Crippen LogP contribution in [0.1, 0.15) is 10.4 Å². The van der Waals surface area contributed by atoms with Crippen molar-refractivity contribution in [3.05, 3.63) is 42.6 Å². The number of nitrogens with two attached hydrogens (primary N) is 1. The third-order valence-corrected chi connectivity index (χ3v) is 4.37. The number of nitrogen functional groups attached to an aromatic ring is 1.